The van der Waals surface area contributed by atoms with Crippen molar-refractivity contribution in [2.24, 2.45) is 0 Å². The van der Waals surface area contributed by atoms with Crippen LogP contribution in [-0.2, 0) is 19.1 Å². The van der Waals surface area contributed by atoms with Crippen molar-refractivity contribution in [1.82, 2.24) is 5.32 Å². The number of amides is 1. The van der Waals surface area contributed by atoms with E-state index in [0.29, 0.717) is 12.8 Å². The molecule has 0 aromatic rings. The Morgan fingerprint density at radius 2 is 1.02 bits per heavy atom. The van der Waals surface area contributed by atoms with Crippen LogP contribution in [0.4, 0.5) is 0 Å². The monoisotopic (exact) mass is 608 g/mol. The zero-order valence-corrected chi connectivity index (χ0v) is 28.3. The van der Waals surface area contributed by atoms with Gasteiger partial charge in [0.05, 0.1) is 0 Å². The van der Waals surface area contributed by atoms with E-state index in [0.717, 1.165) is 57.8 Å². The Labute approximate surface area is 265 Å². The van der Waals surface area contributed by atoms with Crippen molar-refractivity contribution >= 4 is 17.8 Å². The highest BCUT2D eigenvalue weighted by molar-refractivity contribution is 5.80. The normalized spacial score (nSPS) is 12.0. The summed E-state index contributed by atoms with van der Waals surface area (Å²) in [5.74, 6) is -1.32. The van der Waals surface area contributed by atoms with Crippen molar-refractivity contribution in [3.63, 3.8) is 0 Å². The summed E-state index contributed by atoms with van der Waals surface area (Å²) in [6.07, 6.45) is 36.8. The highest BCUT2D eigenvalue weighted by atomic mass is 16.5. The molecule has 2 N–H and O–H groups in total. The smallest absolute Gasteiger partial charge is 0.322 e. The lowest BCUT2D eigenvalue weighted by Crippen LogP contribution is -2.28. The molecule has 0 aromatic heterocycles. The van der Waals surface area contributed by atoms with E-state index in [1.165, 1.54) is 109 Å². The quantitative estimate of drug-likeness (QED) is 0.0440. The number of unbranched alkanes of at least 4 members (excludes halogenated alkanes) is 20. The first-order chi connectivity index (χ1) is 21.0. The molecule has 6 nitrogen and oxygen atoms in total. The second kappa shape index (κ2) is 33.1. The third-order valence-corrected chi connectivity index (χ3v) is 8.19. The summed E-state index contributed by atoms with van der Waals surface area (Å²) < 4.78 is 5.80. The molecule has 0 fully saturated rings. The molecule has 0 radical (unpaired) electrons. The highest BCUT2D eigenvalue weighted by Crippen LogP contribution is 2.17. The number of rotatable bonds is 33. The van der Waals surface area contributed by atoms with Gasteiger partial charge in [0.25, 0.3) is 0 Å². The lowest BCUT2D eigenvalue weighted by atomic mass is 10.0. The second-order valence-electron chi connectivity index (χ2n) is 12.5. The number of ether oxygens (including phenoxy) is 1. The van der Waals surface area contributed by atoms with E-state index in [2.05, 4.69) is 31.3 Å². The van der Waals surface area contributed by atoms with Crippen LogP contribution >= 0.6 is 0 Å². The highest BCUT2D eigenvalue weighted by Gasteiger charge is 2.14. The summed E-state index contributed by atoms with van der Waals surface area (Å²) in [4.78, 5) is 34.5. The number of aliphatic carboxylic acids is 1. The fourth-order valence-electron chi connectivity index (χ4n) is 5.44. The average Bonchev–Trinajstić information content (AvgIpc) is 2.99. The predicted octanol–water partition coefficient (Wildman–Crippen LogP) is 10.6. The molecule has 252 valence electrons. The number of carboxylic acid groups (broad SMARTS) is 1. The van der Waals surface area contributed by atoms with Gasteiger partial charge < -0.3 is 15.2 Å². The molecule has 0 aliphatic heterocycles. The minimum Gasteiger partial charge on any atom is -0.480 e. The van der Waals surface area contributed by atoms with Crippen LogP contribution < -0.4 is 5.32 Å². The zero-order valence-electron chi connectivity index (χ0n) is 28.3. The van der Waals surface area contributed by atoms with Gasteiger partial charge in [-0.2, -0.15) is 0 Å². The number of carboxylic acids is 1. The first-order valence-electron chi connectivity index (χ1n) is 18.3. The Hall–Kier alpha value is -1.85. The fraction of sp³-hybridized carbons (Fsp3) is 0.865. The van der Waals surface area contributed by atoms with Crippen LogP contribution in [0.2, 0.25) is 0 Å². The topological polar surface area (TPSA) is 92.7 Å². The molecule has 1 atom stereocenters. The van der Waals surface area contributed by atoms with E-state index < -0.39 is 5.97 Å². The van der Waals surface area contributed by atoms with Crippen molar-refractivity contribution in [1.29, 1.82) is 0 Å². The van der Waals surface area contributed by atoms with Crippen LogP contribution in [-0.4, -0.2) is 35.6 Å². The summed E-state index contributed by atoms with van der Waals surface area (Å²) >= 11 is 0. The van der Waals surface area contributed by atoms with Crippen LogP contribution in [0.25, 0.3) is 0 Å². The van der Waals surface area contributed by atoms with Gasteiger partial charge in [-0.1, -0.05) is 135 Å². The third kappa shape index (κ3) is 32.9. The van der Waals surface area contributed by atoms with Gasteiger partial charge in [-0.3, -0.25) is 14.4 Å². The summed E-state index contributed by atoms with van der Waals surface area (Å²) in [5.41, 5.74) is 0. The molecule has 1 unspecified atom stereocenters. The molecule has 0 bridgehead atoms. The first-order valence-corrected chi connectivity index (χ1v) is 18.3. The van der Waals surface area contributed by atoms with E-state index in [1.807, 2.05) is 0 Å². The molecule has 0 rings (SSSR count). The number of hydrogen-bond donors (Lipinski definition) is 2. The van der Waals surface area contributed by atoms with Crippen molar-refractivity contribution in [3.8, 4) is 0 Å². The summed E-state index contributed by atoms with van der Waals surface area (Å²) in [6, 6.07) is 0. The number of carbonyl (C=O) groups excluding carboxylic acids is 2. The molecule has 0 aliphatic carbocycles. The maximum atomic E-state index is 12.4. The maximum absolute atomic E-state index is 12.4. The third-order valence-electron chi connectivity index (χ3n) is 8.19. The minimum atomic E-state index is -1.03. The predicted molar refractivity (Wildman–Crippen MR) is 180 cm³/mol. The molecule has 0 aliphatic rings. The molecular formula is C37H69NO5. The largest absolute Gasteiger partial charge is 0.480 e. The number of hydrogen-bond acceptors (Lipinski definition) is 4. The standard InChI is InChI=1S/C37H69NO5/c1-3-5-7-8-9-10-11-12-13-14-15-16-17-18-19-20-21-22-23-24-28-32-37(42)43-34(29-6-4-2)30-26-25-27-31-35(39)38-33-36(40)41/h14-15,34H,3-13,16-33H2,1-2H3,(H,38,39)(H,40,41)/b15-14-. The molecule has 0 spiro atoms. The van der Waals surface area contributed by atoms with E-state index in [1.54, 1.807) is 0 Å². The van der Waals surface area contributed by atoms with Gasteiger partial charge in [0, 0.05) is 12.8 Å². The fourth-order valence-corrected chi connectivity index (χ4v) is 5.44. The Bertz CT molecular complexity index is 678. The molecule has 1 amide bonds. The average molecular weight is 608 g/mol. The van der Waals surface area contributed by atoms with Gasteiger partial charge in [-0.15, -0.1) is 0 Å². The van der Waals surface area contributed by atoms with Crippen LogP contribution in [0.15, 0.2) is 12.2 Å². The molecule has 0 saturated carbocycles. The number of carbonyl (C=O) groups is 3. The van der Waals surface area contributed by atoms with E-state index >= 15 is 0 Å². The number of esters is 1. The van der Waals surface area contributed by atoms with Gasteiger partial charge in [0.2, 0.25) is 5.91 Å². The summed E-state index contributed by atoms with van der Waals surface area (Å²) in [7, 11) is 0. The summed E-state index contributed by atoms with van der Waals surface area (Å²) in [5, 5.41) is 11.0. The molecule has 0 saturated heterocycles. The lowest BCUT2D eigenvalue weighted by Gasteiger charge is -2.18. The Balaban J connectivity index is 3.62. The van der Waals surface area contributed by atoms with Crippen molar-refractivity contribution in [3.05, 3.63) is 12.2 Å². The SMILES string of the molecule is CCCCCCCCCC/C=C\CCCCCCCCCCCC(=O)OC(CCCC)CCCCCC(=O)NCC(=O)O. The number of nitrogens with one attached hydrogen (secondary N) is 1. The molecule has 0 heterocycles. The minimum absolute atomic E-state index is 0.0290. The van der Waals surface area contributed by atoms with Crippen molar-refractivity contribution in [2.45, 2.75) is 200 Å². The van der Waals surface area contributed by atoms with Gasteiger partial charge in [0.15, 0.2) is 0 Å². The van der Waals surface area contributed by atoms with Gasteiger partial charge in [-0.25, -0.2) is 0 Å². The maximum Gasteiger partial charge on any atom is 0.322 e. The van der Waals surface area contributed by atoms with Crippen molar-refractivity contribution < 1.29 is 24.2 Å². The first kappa shape index (κ1) is 41.1. The Kier molecular flexibility index (Phi) is 31.6. The molecule has 0 aromatic carbocycles. The summed E-state index contributed by atoms with van der Waals surface area (Å²) in [6.45, 7) is 4.10. The molecule has 6 heteroatoms. The van der Waals surface area contributed by atoms with E-state index in [4.69, 9.17) is 9.84 Å². The van der Waals surface area contributed by atoms with Crippen LogP contribution in [0.1, 0.15) is 194 Å². The molecular weight excluding hydrogens is 538 g/mol. The Morgan fingerprint density at radius 1 is 0.581 bits per heavy atom. The van der Waals surface area contributed by atoms with Crippen LogP contribution in [0.5, 0.6) is 0 Å². The van der Waals surface area contributed by atoms with E-state index in [-0.39, 0.29) is 24.5 Å². The molecule has 43 heavy (non-hydrogen) atoms. The van der Waals surface area contributed by atoms with Crippen LogP contribution in [0.3, 0.4) is 0 Å². The van der Waals surface area contributed by atoms with Crippen LogP contribution in [0, 0.1) is 0 Å². The lowest BCUT2D eigenvalue weighted by molar-refractivity contribution is -0.150. The zero-order chi connectivity index (χ0) is 31.6. The number of allylic oxidation sites excluding steroid dienone is 2. The second-order valence-corrected chi connectivity index (χ2v) is 12.5. The Morgan fingerprint density at radius 3 is 1.56 bits per heavy atom. The van der Waals surface area contributed by atoms with Crippen molar-refractivity contribution in [2.75, 3.05) is 6.54 Å². The van der Waals surface area contributed by atoms with Gasteiger partial charge in [0.1, 0.15) is 12.6 Å². The van der Waals surface area contributed by atoms with Gasteiger partial charge >= 0.3 is 11.9 Å². The van der Waals surface area contributed by atoms with Gasteiger partial charge in [-0.05, 0) is 57.8 Å². The van der Waals surface area contributed by atoms with E-state index in [9.17, 15) is 14.4 Å².